The van der Waals surface area contributed by atoms with Crippen LogP contribution < -0.4 is 5.32 Å². The number of nitrogens with zero attached hydrogens (tertiary/aromatic N) is 2. The summed E-state index contributed by atoms with van der Waals surface area (Å²) in [6, 6.07) is 2.50. The molecule has 3 fully saturated rings. The summed E-state index contributed by atoms with van der Waals surface area (Å²) in [4.78, 5) is 5.59. The van der Waals surface area contributed by atoms with Crippen molar-refractivity contribution < 1.29 is 0 Å². The lowest BCUT2D eigenvalue weighted by atomic mass is 9.90. The van der Waals surface area contributed by atoms with Crippen molar-refractivity contribution in [1.29, 1.82) is 0 Å². The largest absolute Gasteiger partial charge is 0.317 e. The van der Waals surface area contributed by atoms with E-state index in [4.69, 9.17) is 0 Å². The van der Waals surface area contributed by atoms with E-state index in [1.807, 2.05) is 0 Å². The lowest BCUT2D eigenvalue weighted by molar-refractivity contribution is 0.133. The molecule has 110 valence electrons. The number of hydrogen-bond donors (Lipinski definition) is 1. The van der Waals surface area contributed by atoms with E-state index in [2.05, 4.69) is 22.2 Å². The van der Waals surface area contributed by atoms with Crippen molar-refractivity contribution in [3.05, 3.63) is 0 Å². The fraction of sp³-hybridized carbons (Fsp3) is 1.00. The van der Waals surface area contributed by atoms with Gasteiger partial charge in [0.1, 0.15) is 0 Å². The van der Waals surface area contributed by atoms with Crippen molar-refractivity contribution in [2.75, 3.05) is 33.2 Å². The van der Waals surface area contributed by atoms with Gasteiger partial charge in [-0.05, 0) is 58.7 Å². The summed E-state index contributed by atoms with van der Waals surface area (Å²) in [5.74, 6) is 0. The molecule has 1 saturated carbocycles. The van der Waals surface area contributed by atoms with Gasteiger partial charge in [-0.3, -0.25) is 9.80 Å². The maximum Gasteiger partial charge on any atom is 0.0235 e. The third kappa shape index (κ3) is 3.32. The summed E-state index contributed by atoms with van der Waals surface area (Å²) >= 11 is 0. The van der Waals surface area contributed by atoms with Crippen LogP contribution >= 0.6 is 0 Å². The number of likely N-dealkylation sites (tertiary alicyclic amines) is 2. The van der Waals surface area contributed by atoms with Crippen LogP contribution in [0.5, 0.6) is 0 Å². The van der Waals surface area contributed by atoms with Crippen LogP contribution in [-0.2, 0) is 0 Å². The predicted molar refractivity (Wildman–Crippen MR) is 80.5 cm³/mol. The SMILES string of the molecule is CNC1CCCC(N2CCC(N3CCCCC3)C2)C1. The average molecular weight is 265 g/mol. The standard InChI is InChI=1S/C16H31N3/c1-17-14-6-5-7-15(12-14)19-11-8-16(13-19)18-9-3-2-4-10-18/h14-17H,2-13H2,1H3. The summed E-state index contributed by atoms with van der Waals surface area (Å²) in [7, 11) is 2.13. The molecular weight excluding hydrogens is 234 g/mol. The molecule has 3 heteroatoms. The van der Waals surface area contributed by atoms with E-state index >= 15 is 0 Å². The van der Waals surface area contributed by atoms with Gasteiger partial charge in [0.25, 0.3) is 0 Å². The van der Waals surface area contributed by atoms with Crippen LogP contribution in [0.2, 0.25) is 0 Å². The highest BCUT2D eigenvalue weighted by Crippen LogP contribution is 2.28. The van der Waals surface area contributed by atoms with Crippen LogP contribution in [0.25, 0.3) is 0 Å². The summed E-state index contributed by atoms with van der Waals surface area (Å²) in [6.45, 7) is 5.42. The van der Waals surface area contributed by atoms with E-state index < -0.39 is 0 Å². The fourth-order valence-corrected chi connectivity index (χ4v) is 4.44. The molecule has 0 bridgehead atoms. The van der Waals surface area contributed by atoms with Gasteiger partial charge < -0.3 is 5.32 Å². The topological polar surface area (TPSA) is 18.5 Å². The first-order valence-corrected chi connectivity index (χ1v) is 8.52. The van der Waals surface area contributed by atoms with Gasteiger partial charge in [0.05, 0.1) is 0 Å². The van der Waals surface area contributed by atoms with Crippen LogP contribution in [0, 0.1) is 0 Å². The van der Waals surface area contributed by atoms with Gasteiger partial charge in [0.2, 0.25) is 0 Å². The second kappa shape index (κ2) is 6.55. The zero-order chi connectivity index (χ0) is 13.1. The molecule has 3 rings (SSSR count). The van der Waals surface area contributed by atoms with Crippen LogP contribution in [0.15, 0.2) is 0 Å². The highest BCUT2D eigenvalue weighted by atomic mass is 15.3. The Balaban J connectivity index is 1.50. The van der Waals surface area contributed by atoms with Gasteiger partial charge in [0, 0.05) is 31.2 Å². The third-order valence-electron chi connectivity index (χ3n) is 5.67. The van der Waals surface area contributed by atoms with Crippen molar-refractivity contribution in [3.8, 4) is 0 Å². The quantitative estimate of drug-likeness (QED) is 0.843. The molecule has 1 N–H and O–H groups in total. The minimum absolute atomic E-state index is 0.771. The molecule has 3 nitrogen and oxygen atoms in total. The van der Waals surface area contributed by atoms with Crippen LogP contribution in [0.4, 0.5) is 0 Å². The molecule has 2 saturated heterocycles. The van der Waals surface area contributed by atoms with Crippen molar-refractivity contribution >= 4 is 0 Å². The maximum absolute atomic E-state index is 3.49. The Labute approximate surface area is 118 Å². The summed E-state index contributed by atoms with van der Waals surface area (Å²) in [6.07, 6.45) is 11.4. The van der Waals surface area contributed by atoms with Gasteiger partial charge in [-0.2, -0.15) is 0 Å². The second-order valence-corrected chi connectivity index (χ2v) is 6.84. The smallest absolute Gasteiger partial charge is 0.0235 e. The highest BCUT2D eigenvalue weighted by molar-refractivity contribution is 4.91. The molecule has 2 aliphatic heterocycles. The van der Waals surface area contributed by atoms with Gasteiger partial charge >= 0.3 is 0 Å². The molecule has 0 amide bonds. The molecule has 0 aromatic carbocycles. The molecule has 19 heavy (non-hydrogen) atoms. The number of hydrogen-bond acceptors (Lipinski definition) is 3. The second-order valence-electron chi connectivity index (χ2n) is 6.84. The van der Waals surface area contributed by atoms with E-state index in [0.29, 0.717) is 0 Å². The average Bonchev–Trinajstić information content (AvgIpc) is 2.98. The molecule has 1 aliphatic carbocycles. The first-order chi connectivity index (χ1) is 9.36. The van der Waals surface area contributed by atoms with Crippen molar-refractivity contribution in [1.82, 2.24) is 15.1 Å². The van der Waals surface area contributed by atoms with E-state index in [1.54, 1.807) is 0 Å². The number of piperidine rings is 1. The molecule has 0 aromatic rings. The van der Waals surface area contributed by atoms with E-state index in [-0.39, 0.29) is 0 Å². The summed E-state index contributed by atoms with van der Waals surface area (Å²) in [5, 5.41) is 3.49. The number of nitrogens with one attached hydrogen (secondary N) is 1. The molecule has 3 aliphatic rings. The summed E-state index contributed by atoms with van der Waals surface area (Å²) in [5.41, 5.74) is 0. The van der Waals surface area contributed by atoms with Crippen molar-refractivity contribution in [2.24, 2.45) is 0 Å². The molecule has 0 radical (unpaired) electrons. The van der Waals surface area contributed by atoms with Crippen molar-refractivity contribution in [2.45, 2.75) is 69.5 Å². The Morgan fingerprint density at radius 2 is 1.63 bits per heavy atom. The lowest BCUT2D eigenvalue weighted by Gasteiger charge is -2.36. The minimum atomic E-state index is 0.771. The van der Waals surface area contributed by atoms with Gasteiger partial charge in [-0.25, -0.2) is 0 Å². The minimum Gasteiger partial charge on any atom is -0.317 e. The Morgan fingerprint density at radius 3 is 2.42 bits per heavy atom. The Bertz CT molecular complexity index is 275. The Hall–Kier alpha value is -0.120. The predicted octanol–water partition coefficient (Wildman–Crippen LogP) is 2.08. The maximum atomic E-state index is 3.49. The molecule has 0 aromatic heterocycles. The monoisotopic (exact) mass is 265 g/mol. The third-order valence-corrected chi connectivity index (χ3v) is 5.67. The van der Waals surface area contributed by atoms with Crippen LogP contribution in [-0.4, -0.2) is 61.2 Å². The van der Waals surface area contributed by atoms with Crippen LogP contribution in [0.3, 0.4) is 0 Å². The Kier molecular flexibility index (Phi) is 4.78. The van der Waals surface area contributed by atoms with Crippen molar-refractivity contribution in [3.63, 3.8) is 0 Å². The number of rotatable bonds is 3. The highest BCUT2D eigenvalue weighted by Gasteiger charge is 2.34. The van der Waals surface area contributed by atoms with E-state index in [0.717, 1.165) is 18.1 Å². The zero-order valence-corrected chi connectivity index (χ0v) is 12.6. The zero-order valence-electron chi connectivity index (χ0n) is 12.6. The molecule has 3 unspecified atom stereocenters. The summed E-state index contributed by atoms with van der Waals surface area (Å²) < 4.78 is 0. The first-order valence-electron chi connectivity index (χ1n) is 8.52. The lowest BCUT2D eigenvalue weighted by Crippen LogP contribution is -2.45. The molecule has 0 spiro atoms. The molecule has 3 atom stereocenters. The first kappa shape index (κ1) is 13.8. The fourth-order valence-electron chi connectivity index (χ4n) is 4.44. The van der Waals surface area contributed by atoms with Gasteiger partial charge in [-0.1, -0.05) is 12.8 Å². The van der Waals surface area contributed by atoms with E-state index in [9.17, 15) is 0 Å². The van der Waals surface area contributed by atoms with E-state index in [1.165, 1.54) is 77.5 Å². The van der Waals surface area contributed by atoms with Crippen LogP contribution in [0.1, 0.15) is 51.4 Å². The Morgan fingerprint density at radius 1 is 0.789 bits per heavy atom. The van der Waals surface area contributed by atoms with Gasteiger partial charge in [0.15, 0.2) is 0 Å². The molecule has 2 heterocycles. The van der Waals surface area contributed by atoms with Gasteiger partial charge in [-0.15, -0.1) is 0 Å². The molecular formula is C16H31N3. The normalized spacial score (nSPS) is 38.7.